The zero-order chi connectivity index (χ0) is 14.3. The molecule has 1 atom stereocenters. The number of carbonyl (C=O) groups is 1. The SMILES string of the molecule is CCCC(C(=O)N(CC)Cc1cccs1)C(N)=NO. The van der Waals surface area contributed by atoms with E-state index in [9.17, 15) is 4.79 Å². The van der Waals surface area contributed by atoms with E-state index in [-0.39, 0.29) is 11.7 Å². The highest BCUT2D eigenvalue weighted by atomic mass is 32.1. The molecule has 6 heteroatoms. The van der Waals surface area contributed by atoms with Gasteiger partial charge in [-0.3, -0.25) is 4.79 Å². The first-order valence-corrected chi connectivity index (χ1v) is 7.30. The molecule has 0 saturated heterocycles. The Labute approximate surface area is 117 Å². The van der Waals surface area contributed by atoms with Gasteiger partial charge in [0.1, 0.15) is 0 Å². The lowest BCUT2D eigenvalue weighted by Gasteiger charge is -2.25. The van der Waals surface area contributed by atoms with Crippen molar-refractivity contribution in [2.24, 2.45) is 16.8 Å². The predicted molar refractivity (Wildman–Crippen MR) is 77.2 cm³/mol. The summed E-state index contributed by atoms with van der Waals surface area (Å²) < 4.78 is 0. The van der Waals surface area contributed by atoms with Gasteiger partial charge >= 0.3 is 0 Å². The molecule has 3 N–H and O–H groups in total. The Balaban J connectivity index is 2.80. The summed E-state index contributed by atoms with van der Waals surface area (Å²) in [6.07, 6.45) is 1.40. The number of oxime groups is 1. The van der Waals surface area contributed by atoms with E-state index in [0.717, 1.165) is 11.3 Å². The quantitative estimate of drug-likeness (QED) is 0.349. The molecular formula is C13H21N3O2S. The van der Waals surface area contributed by atoms with Gasteiger partial charge in [0, 0.05) is 11.4 Å². The number of carbonyl (C=O) groups excluding carboxylic acids is 1. The molecule has 1 aromatic heterocycles. The Hall–Kier alpha value is -1.56. The van der Waals surface area contributed by atoms with E-state index >= 15 is 0 Å². The summed E-state index contributed by atoms with van der Waals surface area (Å²) in [5, 5.41) is 13.8. The molecule has 0 radical (unpaired) electrons. The van der Waals surface area contributed by atoms with Crippen LogP contribution in [0.2, 0.25) is 0 Å². The van der Waals surface area contributed by atoms with Crippen LogP contribution in [-0.2, 0) is 11.3 Å². The molecule has 0 saturated carbocycles. The summed E-state index contributed by atoms with van der Waals surface area (Å²) in [5.41, 5.74) is 5.63. The number of nitrogens with zero attached hydrogens (tertiary/aromatic N) is 2. The lowest BCUT2D eigenvalue weighted by Crippen LogP contribution is -2.41. The number of amidine groups is 1. The van der Waals surface area contributed by atoms with Crippen LogP contribution in [0.4, 0.5) is 0 Å². The molecule has 0 aliphatic heterocycles. The molecule has 0 fully saturated rings. The van der Waals surface area contributed by atoms with Crippen molar-refractivity contribution >= 4 is 23.1 Å². The van der Waals surface area contributed by atoms with Crippen LogP contribution in [0.3, 0.4) is 0 Å². The lowest BCUT2D eigenvalue weighted by molar-refractivity contribution is -0.134. The van der Waals surface area contributed by atoms with Crippen molar-refractivity contribution in [1.82, 2.24) is 4.90 Å². The van der Waals surface area contributed by atoms with Crippen LogP contribution >= 0.6 is 11.3 Å². The molecule has 0 aliphatic rings. The maximum atomic E-state index is 12.4. The molecule has 1 rings (SSSR count). The average Bonchev–Trinajstić information content (AvgIpc) is 2.93. The monoisotopic (exact) mass is 283 g/mol. The van der Waals surface area contributed by atoms with E-state index in [1.54, 1.807) is 16.2 Å². The topological polar surface area (TPSA) is 78.9 Å². The van der Waals surface area contributed by atoms with Crippen LogP contribution < -0.4 is 5.73 Å². The smallest absolute Gasteiger partial charge is 0.233 e. The highest BCUT2D eigenvalue weighted by molar-refractivity contribution is 7.09. The fraction of sp³-hybridized carbons (Fsp3) is 0.538. The van der Waals surface area contributed by atoms with Crippen LogP contribution in [0, 0.1) is 5.92 Å². The third-order valence-corrected chi connectivity index (χ3v) is 3.83. The number of nitrogens with two attached hydrogens (primary N) is 1. The van der Waals surface area contributed by atoms with Crippen LogP contribution in [-0.4, -0.2) is 28.4 Å². The zero-order valence-electron chi connectivity index (χ0n) is 11.4. The highest BCUT2D eigenvalue weighted by Gasteiger charge is 2.26. The maximum absolute atomic E-state index is 12.4. The van der Waals surface area contributed by atoms with Gasteiger partial charge in [-0.25, -0.2) is 0 Å². The first kappa shape index (κ1) is 15.5. The summed E-state index contributed by atoms with van der Waals surface area (Å²) in [7, 11) is 0. The van der Waals surface area contributed by atoms with Gasteiger partial charge in [-0.1, -0.05) is 24.6 Å². The molecule has 19 heavy (non-hydrogen) atoms. The van der Waals surface area contributed by atoms with E-state index in [2.05, 4.69) is 5.16 Å². The Morgan fingerprint density at radius 2 is 2.32 bits per heavy atom. The van der Waals surface area contributed by atoms with E-state index in [1.807, 2.05) is 31.4 Å². The van der Waals surface area contributed by atoms with Crippen molar-refractivity contribution in [3.05, 3.63) is 22.4 Å². The molecule has 1 heterocycles. The molecule has 1 unspecified atom stereocenters. The van der Waals surface area contributed by atoms with Gasteiger partial charge in [-0.05, 0) is 24.8 Å². The van der Waals surface area contributed by atoms with E-state index in [0.29, 0.717) is 19.5 Å². The van der Waals surface area contributed by atoms with Gasteiger partial charge in [0.15, 0.2) is 5.84 Å². The van der Waals surface area contributed by atoms with Gasteiger partial charge in [0.25, 0.3) is 0 Å². The zero-order valence-corrected chi connectivity index (χ0v) is 12.2. The molecule has 0 aliphatic carbocycles. The number of hydrogen-bond acceptors (Lipinski definition) is 4. The first-order chi connectivity index (χ1) is 9.13. The molecule has 1 amide bonds. The number of thiophene rings is 1. The summed E-state index contributed by atoms with van der Waals surface area (Å²) in [5.74, 6) is -0.612. The predicted octanol–water partition coefficient (Wildman–Crippen LogP) is 2.26. The lowest BCUT2D eigenvalue weighted by atomic mass is 10.0. The summed E-state index contributed by atoms with van der Waals surface area (Å²) in [6.45, 7) is 5.09. The first-order valence-electron chi connectivity index (χ1n) is 6.42. The Morgan fingerprint density at radius 3 is 2.79 bits per heavy atom. The normalized spacial score (nSPS) is 13.3. The van der Waals surface area contributed by atoms with Crippen molar-refractivity contribution in [2.75, 3.05) is 6.54 Å². The van der Waals surface area contributed by atoms with Crippen molar-refractivity contribution in [1.29, 1.82) is 0 Å². The number of rotatable bonds is 7. The Bertz CT molecular complexity index is 418. The second kappa shape index (κ2) is 7.78. The van der Waals surface area contributed by atoms with Crippen LogP contribution in [0.15, 0.2) is 22.7 Å². The molecule has 106 valence electrons. The Kier molecular flexibility index (Phi) is 6.35. The van der Waals surface area contributed by atoms with E-state index < -0.39 is 5.92 Å². The molecule has 1 aromatic rings. The molecule has 0 bridgehead atoms. The third-order valence-electron chi connectivity index (χ3n) is 2.97. The fourth-order valence-electron chi connectivity index (χ4n) is 1.91. The Morgan fingerprint density at radius 1 is 1.58 bits per heavy atom. The minimum atomic E-state index is -0.532. The van der Waals surface area contributed by atoms with E-state index in [4.69, 9.17) is 10.9 Å². The minimum absolute atomic E-state index is 0.00326. The van der Waals surface area contributed by atoms with Gasteiger partial charge < -0.3 is 15.8 Å². The van der Waals surface area contributed by atoms with Crippen LogP contribution in [0.1, 0.15) is 31.6 Å². The standard InChI is InChI=1S/C13H21N3O2S/c1-3-6-11(12(14)15-18)13(17)16(4-2)9-10-7-5-8-19-10/h5,7-8,11,18H,3-4,6,9H2,1-2H3,(H2,14,15). The molecule has 5 nitrogen and oxygen atoms in total. The maximum Gasteiger partial charge on any atom is 0.233 e. The highest BCUT2D eigenvalue weighted by Crippen LogP contribution is 2.16. The summed E-state index contributed by atoms with van der Waals surface area (Å²) >= 11 is 1.62. The van der Waals surface area contributed by atoms with Crippen molar-refractivity contribution < 1.29 is 10.0 Å². The second-order valence-electron chi connectivity index (χ2n) is 4.30. The molecule has 0 spiro atoms. The van der Waals surface area contributed by atoms with Gasteiger partial charge in [0.05, 0.1) is 12.5 Å². The summed E-state index contributed by atoms with van der Waals surface area (Å²) in [6, 6.07) is 3.96. The molecular weight excluding hydrogens is 262 g/mol. The average molecular weight is 283 g/mol. The second-order valence-corrected chi connectivity index (χ2v) is 5.33. The van der Waals surface area contributed by atoms with Crippen molar-refractivity contribution in [3.63, 3.8) is 0 Å². The minimum Gasteiger partial charge on any atom is -0.409 e. The third kappa shape index (κ3) is 4.24. The molecule has 0 aromatic carbocycles. The van der Waals surface area contributed by atoms with Crippen molar-refractivity contribution in [2.45, 2.75) is 33.2 Å². The van der Waals surface area contributed by atoms with E-state index in [1.165, 1.54) is 0 Å². The van der Waals surface area contributed by atoms with Gasteiger partial charge in [-0.2, -0.15) is 0 Å². The largest absolute Gasteiger partial charge is 0.409 e. The van der Waals surface area contributed by atoms with Gasteiger partial charge in [-0.15, -0.1) is 11.3 Å². The summed E-state index contributed by atoms with van der Waals surface area (Å²) in [4.78, 5) is 15.3. The number of amides is 1. The fourth-order valence-corrected chi connectivity index (χ4v) is 2.63. The van der Waals surface area contributed by atoms with Crippen molar-refractivity contribution in [3.8, 4) is 0 Å². The van der Waals surface area contributed by atoms with Crippen LogP contribution in [0.25, 0.3) is 0 Å². The van der Waals surface area contributed by atoms with Crippen LogP contribution in [0.5, 0.6) is 0 Å². The van der Waals surface area contributed by atoms with Gasteiger partial charge in [0.2, 0.25) is 5.91 Å². The number of hydrogen-bond donors (Lipinski definition) is 2.